The first kappa shape index (κ1) is 21.0. The molecule has 0 bridgehead atoms. The molecule has 0 radical (unpaired) electrons. The minimum Gasteiger partial charge on any atom is -0.127 e. The quantitative estimate of drug-likeness (QED) is 0.172. The van der Waals surface area contributed by atoms with Crippen LogP contribution in [-0.2, 0) is 0 Å². The minimum atomic E-state index is 0.769. The van der Waals surface area contributed by atoms with Crippen LogP contribution in [0.5, 0.6) is 0 Å². The van der Waals surface area contributed by atoms with Crippen LogP contribution in [0.25, 0.3) is 0 Å². The summed E-state index contributed by atoms with van der Waals surface area (Å²) < 4.78 is 0. The summed E-state index contributed by atoms with van der Waals surface area (Å²) in [6, 6.07) is 0. The summed E-state index contributed by atoms with van der Waals surface area (Å²) in [5.74, 6) is 1.71. The maximum atomic E-state index is 6.02. The predicted molar refractivity (Wildman–Crippen MR) is 101 cm³/mol. The van der Waals surface area contributed by atoms with Gasteiger partial charge in [-0.3, -0.25) is 0 Å². The van der Waals surface area contributed by atoms with Gasteiger partial charge in [-0.05, 0) is 31.4 Å². The Labute approximate surface area is 141 Å². The summed E-state index contributed by atoms with van der Waals surface area (Å²) in [7, 11) is 3.99. The van der Waals surface area contributed by atoms with Gasteiger partial charge >= 0.3 is 0 Å². The zero-order chi connectivity index (χ0) is 15.1. The number of hydrogen-bond donors (Lipinski definition) is 0. The summed E-state index contributed by atoms with van der Waals surface area (Å²) in [6.07, 6.45) is 17.4. The molecule has 0 aromatic carbocycles. The van der Waals surface area contributed by atoms with Crippen molar-refractivity contribution in [1.82, 2.24) is 0 Å². The number of rotatable bonds is 15. The molecule has 0 saturated heterocycles. The minimum absolute atomic E-state index is 0.769. The average Bonchev–Trinajstić information content (AvgIpc) is 2.45. The molecule has 0 N–H and O–H groups in total. The van der Waals surface area contributed by atoms with Crippen molar-refractivity contribution in [2.24, 2.45) is 5.92 Å². The highest BCUT2D eigenvalue weighted by Gasteiger charge is 2.20. The highest BCUT2D eigenvalue weighted by atomic mass is 35.5. The van der Waals surface area contributed by atoms with Crippen LogP contribution in [0, 0.1) is 5.92 Å². The van der Waals surface area contributed by atoms with Gasteiger partial charge in [-0.1, -0.05) is 86.8 Å². The molecule has 0 saturated carbocycles. The molecule has 0 aliphatic heterocycles. The average molecular weight is 339 g/mol. The smallest absolute Gasteiger partial charge is 0.0234 e. The van der Waals surface area contributed by atoms with Crippen molar-refractivity contribution in [1.29, 1.82) is 0 Å². The Morgan fingerprint density at radius 3 is 1.75 bits per heavy atom. The van der Waals surface area contributed by atoms with Crippen LogP contribution in [0.4, 0.5) is 0 Å². The molecule has 20 heavy (non-hydrogen) atoms. The molecule has 1 atom stereocenters. The molecule has 0 aromatic heterocycles. The normalized spacial score (nSPS) is 13.1. The lowest BCUT2D eigenvalue weighted by molar-refractivity contribution is 0.390. The van der Waals surface area contributed by atoms with Gasteiger partial charge in [-0.2, -0.15) is 0 Å². The van der Waals surface area contributed by atoms with E-state index in [0.717, 1.165) is 17.0 Å². The molecule has 0 rings (SSSR count). The van der Waals surface area contributed by atoms with E-state index in [2.05, 4.69) is 30.9 Å². The monoisotopic (exact) mass is 338 g/mol. The van der Waals surface area contributed by atoms with E-state index < -0.39 is 0 Å². The van der Waals surface area contributed by atoms with Crippen molar-refractivity contribution in [3.8, 4) is 0 Å². The third-order valence-corrected chi connectivity index (χ3v) is 6.59. The SMILES string of the molecule is CCCCCCC(CCCCCC)[C@H](CCCl)SSC. The molecule has 0 aliphatic carbocycles. The molecule has 3 heteroatoms. The Morgan fingerprint density at radius 1 is 0.800 bits per heavy atom. The fourth-order valence-corrected chi connectivity index (χ4v) is 5.53. The van der Waals surface area contributed by atoms with Gasteiger partial charge in [-0.15, -0.1) is 11.6 Å². The fourth-order valence-electron chi connectivity index (χ4n) is 2.78. The molecule has 0 nitrogen and oxygen atoms in total. The summed E-state index contributed by atoms with van der Waals surface area (Å²) in [4.78, 5) is 0. The first-order valence-corrected chi connectivity index (χ1v) is 11.7. The lowest BCUT2D eigenvalue weighted by Crippen LogP contribution is -2.18. The highest BCUT2D eigenvalue weighted by Crippen LogP contribution is 2.36. The van der Waals surface area contributed by atoms with Crippen molar-refractivity contribution in [2.75, 3.05) is 12.1 Å². The summed E-state index contributed by atoms with van der Waals surface area (Å²) >= 11 is 6.02. The first-order valence-electron chi connectivity index (χ1n) is 8.55. The van der Waals surface area contributed by atoms with Gasteiger partial charge in [0.2, 0.25) is 0 Å². The molecular weight excluding hydrogens is 304 g/mol. The van der Waals surface area contributed by atoms with E-state index in [0.29, 0.717) is 0 Å². The zero-order valence-corrected chi connectivity index (χ0v) is 16.2. The first-order chi connectivity index (χ1) is 9.79. The summed E-state index contributed by atoms with van der Waals surface area (Å²) in [6.45, 7) is 4.59. The van der Waals surface area contributed by atoms with E-state index in [4.69, 9.17) is 11.6 Å². The Kier molecular flexibility index (Phi) is 17.2. The lowest BCUT2D eigenvalue weighted by atomic mass is 9.90. The third kappa shape index (κ3) is 11.6. The molecule has 0 aliphatic rings. The molecular formula is C17H35ClS2. The highest BCUT2D eigenvalue weighted by molar-refractivity contribution is 8.76. The number of unbranched alkanes of at least 4 members (excludes halogenated alkanes) is 6. The molecule has 0 heterocycles. The van der Waals surface area contributed by atoms with Crippen molar-refractivity contribution >= 4 is 33.2 Å². The second-order valence-electron chi connectivity index (χ2n) is 5.74. The zero-order valence-electron chi connectivity index (χ0n) is 13.8. The van der Waals surface area contributed by atoms with E-state index in [-0.39, 0.29) is 0 Å². The van der Waals surface area contributed by atoms with Crippen LogP contribution >= 0.6 is 33.2 Å². The topological polar surface area (TPSA) is 0 Å². The van der Waals surface area contributed by atoms with Gasteiger partial charge in [0.15, 0.2) is 0 Å². The van der Waals surface area contributed by atoms with Gasteiger partial charge in [0, 0.05) is 11.1 Å². The second kappa shape index (κ2) is 16.4. The van der Waals surface area contributed by atoms with E-state index in [1.165, 1.54) is 70.6 Å². The van der Waals surface area contributed by atoms with Crippen molar-refractivity contribution < 1.29 is 0 Å². The van der Waals surface area contributed by atoms with Gasteiger partial charge in [0.05, 0.1) is 0 Å². The Balaban J connectivity index is 4.17. The van der Waals surface area contributed by atoms with Gasteiger partial charge in [0.25, 0.3) is 0 Å². The van der Waals surface area contributed by atoms with Crippen LogP contribution in [0.1, 0.15) is 84.5 Å². The Bertz CT molecular complexity index is 170. The molecule has 0 spiro atoms. The Morgan fingerprint density at radius 2 is 1.35 bits per heavy atom. The standard InChI is InChI=1S/C17H35ClS2/c1-4-6-8-10-12-16(13-11-9-7-5-2)17(14-15-18)20-19-3/h16-17H,4-15H2,1-3H3/t17-/m0/s1. The fraction of sp³-hybridized carbons (Fsp3) is 1.00. The van der Waals surface area contributed by atoms with Crippen molar-refractivity contribution in [3.05, 3.63) is 0 Å². The van der Waals surface area contributed by atoms with Gasteiger partial charge in [-0.25, -0.2) is 0 Å². The largest absolute Gasteiger partial charge is 0.127 e. The maximum absolute atomic E-state index is 6.02. The molecule has 0 unspecified atom stereocenters. The van der Waals surface area contributed by atoms with E-state index in [9.17, 15) is 0 Å². The number of halogens is 1. The molecule has 122 valence electrons. The van der Waals surface area contributed by atoms with E-state index >= 15 is 0 Å². The summed E-state index contributed by atoms with van der Waals surface area (Å²) in [5, 5.41) is 0.769. The molecule has 0 aromatic rings. The van der Waals surface area contributed by atoms with Crippen LogP contribution in [0.2, 0.25) is 0 Å². The van der Waals surface area contributed by atoms with Crippen LogP contribution in [0.3, 0.4) is 0 Å². The van der Waals surface area contributed by atoms with Gasteiger partial charge in [0.1, 0.15) is 0 Å². The van der Waals surface area contributed by atoms with Crippen LogP contribution in [-0.4, -0.2) is 17.4 Å². The third-order valence-electron chi connectivity index (χ3n) is 4.00. The molecule has 0 amide bonds. The van der Waals surface area contributed by atoms with E-state index in [1.54, 1.807) is 0 Å². The van der Waals surface area contributed by atoms with Crippen LogP contribution < -0.4 is 0 Å². The number of hydrogen-bond acceptors (Lipinski definition) is 2. The lowest BCUT2D eigenvalue weighted by Gasteiger charge is -2.26. The Hall–Kier alpha value is 0.990. The van der Waals surface area contributed by atoms with Crippen molar-refractivity contribution in [3.63, 3.8) is 0 Å². The van der Waals surface area contributed by atoms with Crippen LogP contribution in [0.15, 0.2) is 0 Å². The maximum Gasteiger partial charge on any atom is 0.0234 e. The van der Waals surface area contributed by atoms with E-state index in [1.807, 2.05) is 10.8 Å². The second-order valence-corrected chi connectivity index (χ2v) is 8.82. The molecule has 0 fully saturated rings. The predicted octanol–water partition coefficient (Wildman–Crippen LogP) is 7.55. The van der Waals surface area contributed by atoms with Gasteiger partial charge < -0.3 is 0 Å². The van der Waals surface area contributed by atoms with Crippen molar-refractivity contribution in [2.45, 2.75) is 89.7 Å². The summed E-state index contributed by atoms with van der Waals surface area (Å²) in [5.41, 5.74) is 0. The number of alkyl halides is 1.